The molecule has 4 heteroatoms. The van der Waals surface area contributed by atoms with Crippen molar-refractivity contribution >= 4 is 11.0 Å². The van der Waals surface area contributed by atoms with Gasteiger partial charge in [0.25, 0.3) is 0 Å². The zero-order valence-electron chi connectivity index (χ0n) is 12.3. The van der Waals surface area contributed by atoms with E-state index in [1.807, 2.05) is 6.92 Å². The molecule has 2 rings (SSSR count). The third-order valence-electron chi connectivity index (χ3n) is 3.33. The monoisotopic (exact) mass is 260 g/mol. The van der Waals surface area contributed by atoms with Gasteiger partial charge in [-0.05, 0) is 58.6 Å². The van der Waals surface area contributed by atoms with Crippen molar-refractivity contribution in [1.29, 1.82) is 0 Å². The number of nitrogens with zero attached hydrogens (tertiary/aromatic N) is 3. The highest BCUT2D eigenvalue weighted by atomic mass is 15.1. The van der Waals surface area contributed by atoms with Crippen LogP contribution in [0.15, 0.2) is 18.2 Å². The number of hydrogen-bond donors (Lipinski definition) is 1. The highest BCUT2D eigenvalue weighted by Crippen LogP contribution is 2.21. The molecular weight excluding hydrogens is 236 g/mol. The van der Waals surface area contributed by atoms with Crippen LogP contribution in [0, 0.1) is 6.92 Å². The first kappa shape index (κ1) is 14.0. The first-order valence-corrected chi connectivity index (χ1v) is 6.86. The van der Waals surface area contributed by atoms with Crippen LogP contribution in [-0.2, 0) is 6.54 Å². The van der Waals surface area contributed by atoms with Gasteiger partial charge in [0.05, 0.1) is 17.1 Å². The largest absolute Gasteiger partial charge is 0.327 e. The summed E-state index contributed by atoms with van der Waals surface area (Å²) in [4.78, 5) is 6.90. The third kappa shape index (κ3) is 3.14. The molecule has 2 aromatic rings. The topological polar surface area (TPSA) is 47.1 Å². The highest BCUT2D eigenvalue weighted by Gasteiger charge is 2.13. The lowest BCUT2D eigenvalue weighted by molar-refractivity contribution is 0.385. The molecule has 1 aromatic heterocycles. The van der Waals surface area contributed by atoms with E-state index in [9.17, 15) is 0 Å². The number of aromatic nitrogens is 2. The normalized spacial score (nSPS) is 13.4. The van der Waals surface area contributed by atoms with Gasteiger partial charge in [-0.15, -0.1) is 0 Å². The van der Waals surface area contributed by atoms with Gasteiger partial charge in [0.2, 0.25) is 0 Å². The number of imidazole rings is 1. The Morgan fingerprint density at radius 2 is 2.11 bits per heavy atom. The van der Waals surface area contributed by atoms with E-state index in [0.29, 0.717) is 0 Å². The minimum atomic E-state index is -0.0351. The molecule has 1 atom stereocenters. The van der Waals surface area contributed by atoms with Crippen LogP contribution in [0.4, 0.5) is 0 Å². The Morgan fingerprint density at radius 1 is 1.37 bits per heavy atom. The van der Waals surface area contributed by atoms with Gasteiger partial charge >= 0.3 is 0 Å². The van der Waals surface area contributed by atoms with Crippen LogP contribution in [0.1, 0.15) is 30.8 Å². The van der Waals surface area contributed by atoms with E-state index in [1.165, 1.54) is 11.1 Å². The predicted octanol–water partition coefficient (Wildman–Crippen LogP) is 2.32. The molecule has 1 heterocycles. The van der Waals surface area contributed by atoms with Crippen molar-refractivity contribution in [3.8, 4) is 0 Å². The first-order chi connectivity index (χ1) is 8.99. The summed E-state index contributed by atoms with van der Waals surface area (Å²) in [5, 5.41) is 0. The van der Waals surface area contributed by atoms with Gasteiger partial charge in [-0.2, -0.15) is 0 Å². The second kappa shape index (κ2) is 5.72. The van der Waals surface area contributed by atoms with E-state index in [2.05, 4.69) is 48.7 Å². The molecule has 0 aliphatic rings. The lowest BCUT2D eigenvalue weighted by Gasteiger charge is -2.13. The van der Waals surface area contributed by atoms with E-state index >= 15 is 0 Å². The molecule has 0 aliphatic carbocycles. The summed E-state index contributed by atoms with van der Waals surface area (Å²) in [6, 6.07) is 6.38. The maximum atomic E-state index is 6.05. The van der Waals surface area contributed by atoms with Crippen LogP contribution in [0.2, 0.25) is 0 Å². The van der Waals surface area contributed by atoms with E-state index < -0.39 is 0 Å². The molecule has 4 nitrogen and oxygen atoms in total. The van der Waals surface area contributed by atoms with Gasteiger partial charge in [-0.1, -0.05) is 6.07 Å². The molecule has 1 unspecified atom stereocenters. The predicted molar refractivity (Wildman–Crippen MR) is 80.2 cm³/mol. The fraction of sp³-hybridized carbons (Fsp3) is 0.533. The molecule has 1 aromatic carbocycles. The molecule has 0 spiro atoms. The second-order valence-corrected chi connectivity index (χ2v) is 5.56. The lowest BCUT2D eigenvalue weighted by atomic mass is 10.2. The first-order valence-electron chi connectivity index (χ1n) is 6.86. The molecule has 19 heavy (non-hydrogen) atoms. The van der Waals surface area contributed by atoms with Gasteiger partial charge in [0, 0.05) is 6.54 Å². The fourth-order valence-corrected chi connectivity index (χ4v) is 2.39. The zero-order valence-corrected chi connectivity index (χ0v) is 12.3. The van der Waals surface area contributed by atoms with Gasteiger partial charge < -0.3 is 15.2 Å². The molecule has 0 aliphatic heterocycles. The SMILES string of the molecule is Cc1ccc2c(c1)nc(C(C)N)n2CCCN(C)C. The van der Waals surface area contributed by atoms with Crippen LogP contribution < -0.4 is 5.73 Å². The molecular formula is C15H24N4. The van der Waals surface area contributed by atoms with Crippen molar-refractivity contribution in [3.05, 3.63) is 29.6 Å². The van der Waals surface area contributed by atoms with E-state index in [-0.39, 0.29) is 6.04 Å². The average molecular weight is 260 g/mol. The molecule has 0 radical (unpaired) electrons. The Labute approximate surface area is 115 Å². The Morgan fingerprint density at radius 3 is 2.74 bits per heavy atom. The van der Waals surface area contributed by atoms with Crippen molar-refractivity contribution in [1.82, 2.24) is 14.5 Å². The van der Waals surface area contributed by atoms with Crippen LogP contribution in [0.5, 0.6) is 0 Å². The maximum absolute atomic E-state index is 6.05. The van der Waals surface area contributed by atoms with Crippen molar-refractivity contribution in [2.45, 2.75) is 32.9 Å². The molecule has 0 saturated heterocycles. The maximum Gasteiger partial charge on any atom is 0.126 e. The summed E-state index contributed by atoms with van der Waals surface area (Å²) >= 11 is 0. The quantitative estimate of drug-likeness (QED) is 0.897. The average Bonchev–Trinajstić information content (AvgIpc) is 2.67. The summed E-state index contributed by atoms with van der Waals surface area (Å²) < 4.78 is 2.27. The minimum absolute atomic E-state index is 0.0351. The van der Waals surface area contributed by atoms with Crippen LogP contribution >= 0.6 is 0 Å². The van der Waals surface area contributed by atoms with E-state index in [0.717, 1.165) is 30.9 Å². The Kier molecular flexibility index (Phi) is 4.22. The van der Waals surface area contributed by atoms with Crippen molar-refractivity contribution < 1.29 is 0 Å². The number of hydrogen-bond acceptors (Lipinski definition) is 3. The van der Waals surface area contributed by atoms with E-state index in [1.54, 1.807) is 0 Å². The smallest absolute Gasteiger partial charge is 0.126 e. The Bertz CT molecular complexity index is 555. The Balaban J connectivity index is 2.35. The number of rotatable bonds is 5. The highest BCUT2D eigenvalue weighted by molar-refractivity contribution is 5.77. The standard InChI is InChI=1S/C15H24N4/c1-11-6-7-14-13(10-11)17-15(12(2)16)19(14)9-5-8-18(3)4/h6-7,10,12H,5,8-9,16H2,1-4H3. The molecule has 0 fully saturated rings. The molecule has 104 valence electrons. The van der Waals surface area contributed by atoms with Gasteiger partial charge in [-0.25, -0.2) is 4.98 Å². The van der Waals surface area contributed by atoms with Crippen molar-refractivity contribution in [3.63, 3.8) is 0 Å². The number of aryl methyl sites for hydroxylation is 2. The number of fused-ring (bicyclic) bond motifs is 1. The number of benzene rings is 1. The lowest BCUT2D eigenvalue weighted by Crippen LogP contribution is -2.18. The molecule has 0 saturated carbocycles. The van der Waals surface area contributed by atoms with Gasteiger partial charge in [-0.3, -0.25) is 0 Å². The molecule has 2 N–H and O–H groups in total. The third-order valence-corrected chi connectivity index (χ3v) is 3.33. The summed E-state index contributed by atoms with van der Waals surface area (Å²) in [5.74, 6) is 0.986. The summed E-state index contributed by atoms with van der Waals surface area (Å²) in [6.45, 7) is 6.13. The van der Waals surface area contributed by atoms with Gasteiger partial charge in [0.1, 0.15) is 5.82 Å². The van der Waals surface area contributed by atoms with Crippen molar-refractivity contribution in [2.24, 2.45) is 5.73 Å². The fourth-order valence-electron chi connectivity index (χ4n) is 2.39. The van der Waals surface area contributed by atoms with E-state index in [4.69, 9.17) is 10.7 Å². The van der Waals surface area contributed by atoms with Crippen molar-refractivity contribution in [2.75, 3.05) is 20.6 Å². The summed E-state index contributed by atoms with van der Waals surface area (Å²) in [5.41, 5.74) is 9.54. The van der Waals surface area contributed by atoms with Crippen LogP contribution in [-0.4, -0.2) is 35.1 Å². The molecule has 0 amide bonds. The number of nitrogens with two attached hydrogens (primary N) is 1. The zero-order chi connectivity index (χ0) is 14.0. The second-order valence-electron chi connectivity index (χ2n) is 5.56. The summed E-state index contributed by atoms with van der Waals surface area (Å²) in [6.07, 6.45) is 1.10. The molecule has 0 bridgehead atoms. The Hall–Kier alpha value is -1.39. The van der Waals surface area contributed by atoms with Crippen LogP contribution in [0.3, 0.4) is 0 Å². The van der Waals surface area contributed by atoms with Gasteiger partial charge in [0.15, 0.2) is 0 Å². The van der Waals surface area contributed by atoms with Crippen LogP contribution in [0.25, 0.3) is 11.0 Å². The minimum Gasteiger partial charge on any atom is -0.327 e. The summed E-state index contributed by atoms with van der Waals surface area (Å²) in [7, 11) is 4.20.